The zero-order chi connectivity index (χ0) is 16.8. The molecular weight excluding hydrogens is 300 g/mol. The van der Waals surface area contributed by atoms with Gasteiger partial charge in [0.2, 0.25) is 0 Å². The van der Waals surface area contributed by atoms with E-state index in [-0.39, 0.29) is 12.3 Å². The van der Waals surface area contributed by atoms with Crippen molar-refractivity contribution in [2.24, 2.45) is 0 Å². The van der Waals surface area contributed by atoms with Crippen LogP contribution in [0.1, 0.15) is 10.4 Å². The van der Waals surface area contributed by atoms with Crippen molar-refractivity contribution in [2.45, 2.75) is 0 Å². The molecule has 0 fully saturated rings. The number of carbonyl (C=O) groups excluding carboxylic acids is 1. The number of methoxy groups -OCH3 is 1. The number of rotatable bonds is 6. The van der Waals surface area contributed by atoms with Crippen molar-refractivity contribution in [3.8, 4) is 11.4 Å². The van der Waals surface area contributed by atoms with E-state index in [1.807, 2.05) is 83.7 Å². The number of pyridine rings is 1. The van der Waals surface area contributed by atoms with Crippen LogP contribution in [0.3, 0.4) is 0 Å². The molecule has 0 aliphatic carbocycles. The number of aromatic nitrogens is 1. The van der Waals surface area contributed by atoms with Crippen LogP contribution < -0.4 is 14.6 Å². The van der Waals surface area contributed by atoms with E-state index in [4.69, 9.17) is 4.74 Å². The predicted molar refractivity (Wildman–Crippen MR) is 93.8 cm³/mol. The molecule has 0 aliphatic rings. The fourth-order valence-corrected chi connectivity index (χ4v) is 2.47. The topological polar surface area (TPSA) is 42.2 Å². The molecule has 24 heavy (non-hydrogen) atoms. The van der Waals surface area contributed by atoms with Crippen LogP contribution in [-0.2, 0) is 0 Å². The minimum atomic E-state index is 0.0559. The van der Waals surface area contributed by atoms with E-state index in [1.165, 1.54) is 0 Å². The Morgan fingerprint density at radius 1 is 1.00 bits per heavy atom. The lowest BCUT2D eigenvalue weighted by atomic mass is 10.1. The van der Waals surface area contributed by atoms with E-state index >= 15 is 0 Å². The Morgan fingerprint density at radius 3 is 2.42 bits per heavy atom. The van der Waals surface area contributed by atoms with Crippen LogP contribution in [0.25, 0.3) is 5.69 Å². The number of carbonyl (C=O) groups is 1. The maximum atomic E-state index is 12.2. The first-order valence-corrected chi connectivity index (χ1v) is 7.75. The second-order valence-corrected chi connectivity index (χ2v) is 5.31. The van der Waals surface area contributed by atoms with E-state index in [2.05, 4.69) is 5.32 Å². The number of ether oxygens (including phenoxy) is 1. The summed E-state index contributed by atoms with van der Waals surface area (Å²) in [4.78, 5) is 12.2. The Kier molecular flexibility index (Phi) is 4.87. The molecule has 4 nitrogen and oxygen atoms in total. The average molecular weight is 319 g/mol. The standard InChI is InChI=1S/C20H19N2O2/c1-24-20-11-10-17(14-18(20)22-12-6-3-7-13-22)21-15-19(23)16-8-4-2-5-9-16/h2-14,21H,15H2,1H3/q+1. The Bertz CT molecular complexity index is 818. The lowest BCUT2D eigenvalue weighted by Crippen LogP contribution is -2.29. The molecule has 0 unspecified atom stereocenters. The zero-order valence-corrected chi connectivity index (χ0v) is 13.5. The molecule has 2 aromatic carbocycles. The molecule has 3 rings (SSSR count). The Hall–Kier alpha value is -3.14. The second kappa shape index (κ2) is 7.42. The van der Waals surface area contributed by atoms with Crippen LogP contribution in [0, 0.1) is 0 Å². The third-order valence-electron chi connectivity index (χ3n) is 3.72. The lowest BCUT2D eigenvalue weighted by molar-refractivity contribution is -0.596. The largest absolute Gasteiger partial charge is 0.490 e. The van der Waals surface area contributed by atoms with Crippen LogP contribution >= 0.6 is 0 Å². The molecule has 0 radical (unpaired) electrons. The van der Waals surface area contributed by atoms with Gasteiger partial charge in [-0.25, -0.2) is 0 Å². The van der Waals surface area contributed by atoms with Crippen molar-refractivity contribution < 1.29 is 14.1 Å². The second-order valence-electron chi connectivity index (χ2n) is 5.31. The highest BCUT2D eigenvalue weighted by Crippen LogP contribution is 2.22. The molecular formula is C20H19N2O2+. The summed E-state index contributed by atoms with van der Waals surface area (Å²) in [6.07, 6.45) is 3.91. The predicted octanol–water partition coefficient (Wildman–Crippen LogP) is 3.27. The average Bonchev–Trinajstić information content (AvgIpc) is 2.67. The number of nitrogens with zero attached hydrogens (tertiary/aromatic N) is 1. The minimum Gasteiger partial charge on any atom is -0.490 e. The Balaban J connectivity index is 1.78. The summed E-state index contributed by atoms with van der Waals surface area (Å²) in [5.41, 5.74) is 2.48. The highest BCUT2D eigenvalue weighted by molar-refractivity contribution is 5.98. The SMILES string of the molecule is COc1ccc(NCC(=O)c2ccccc2)cc1-[n+]1ccccc1. The molecule has 3 aromatic rings. The third kappa shape index (κ3) is 3.60. The van der Waals surface area contributed by atoms with Gasteiger partial charge >= 0.3 is 0 Å². The molecule has 1 heterocycles. The molecule has 0 atom stereocenters. The maximum Gasteiger partial charge on any atom is 0.254 e. The van der Waals surface area contributed by atoms with Crippen LogP contribution in [0.5, 0.6) is 5.75 Å². The summed E-state index contributed by atoms with van der Waals surface area (Å²) in [7, 11) is 1.65. The van der Waals surface area contributed by atoms with Gasteiger partial charge in [-0.05, 0) is 12.1 Å². The summed E-state index contributed by atoms with van der Waals surface area (Å²) in [5.74, 6) is 0.825. The fourth-order valence-electron chi connectivity index (χ4n) is 2.47. The van der Waals surface area contributed by atoms with Crippen molar-refractivity contribution in [3.05, 3.63) is 84.7 Å². The summed E-state index contributed by atoms with van der Waals surface area (Å²) >= 11 is 0. The van der Waals surface area contributed by atoms with Gasteiger partial charge in [0.1, 0.15) is 0 Å². The van der Waals surface area contributed by atoms with E-state index in [0.29, 0.717) is 5.56 Å². The first-order chi connectivity index (χ1) is 11.8. The smallest absolute Gasteiger partial charge is 0.254 e. The van der Waals surface area contributed by atoms with Gasteiger partial charge in [0.05, 0.1) is 13.7 Å². The minimum absolute atomic E-state index is 0.0559. The first-order valence-electron chi connectivity index (χ1n) is 7.75. The van der Waals surface area contributed by atoms with Crippen molar-refractivity contribution in [2.75, 3.05) is 19.0 Å². The number of benzene rings is 2. The molecule has 0 amide bonds. The molecule has 0 saturated heterocycles. The van der Waals surface area contributed by atoms with Gasteiger partial charge in [-0.1, -0.05) is 36.4 Å². The summed E-state index contributed by atoms with van der Waals surface area (Å²) in [6.45, 7) is 0.245. The van der Waals surface area contributed by atoms with Crippen molar-refractivity contribution in [1.82, 2.24) is 0 Å². The van der Waals surface area contributed by atoms with E-state index in [9.17, 15) is 4.79 Å². The molecule has 4 heteroatoms. The molecule has 0 aliphatic heterocycles. The molecule has 0 spiro atoms. The van der Waals surface area contributed by atoms with Crippen molar-refractivity contribution >= 4 is 11.5 Å². The summed E-state index contributed by atoms with van der Waals surface area (Å²) in [6, 6.07) is 20.9. The van der Waals surface area contributed by atoms with E-state index < -0.39 is 0 Å². The molecule has 0 saturated carbocycles. The fraction of sp³-hybridized carbons (Fsp3) is 0.100. The zero-order valence-electron chi connectivity index (χ0n) is 13.5. The quantitative estimate of drug-likeness (QED) is 0.560. The van der Waals surface area contributed by atoms with E-state index in [0.717, 1.165) is 17.1 Å². The van der Waals surface area contributed by atoms with Gasteiger partial charge in [0.25, 0.3) is 5.69 Å². The summed E-state index contributed by atoms with van der Waals surface area (Å²) < 4.78 is 7.41. The van der Waals surface area contributed by atoms with Crippen LogP contribution in [0.15, 0.2) is 79.1 Å². The molecule has 1 N–H and O–H groups in total. The highest BCUT2D eigenvalue weighted by Gasteiger charge is 2.14. The molecule has 0 bridgehead atoms. The van der Waals surface area contributed by atoms with Gasteiger partial charge in [-0.15, -0.1) is 0 Å². The van der Waals surface area contributed by atoms with Gasteiger partial charge in [-0.3, -0.25) is 4.79 Å². The molecule has 1 aromatic heterocycles. The third-order valence-corrected chi connectivity index (χ3v) is 3.72. The van der Waals surface area contributed by atoms with E-state index in [1.54, 1.807) is 7.11 Å². The first kappa shape index (κ1) is 15.7. The van der Waals surface area contributed by atoms with Crippen LogP contribution in [0.2, 0.25) is 0 Å². The lowest BCUT2D eigenvalue weighted by Gasteiger charge is -2.09. The number of Topliss-reactive ketones (excluding diaryl/α,β-unsaturated/α-hetero) is 1. The van der Waals surface area contributed by atoms with Gasteiger partial charge in [0.15, 0.2) is 23.9 Å². The number of hydrogen-bond acceptors (Lipinski definition) is 3. The highest BCUT2D eigenvalue weighted by atomic mass is 16.5. The number of hydrogen-bond donors (Lipinski definition) is 1. The van der Waals surface area contributed by atoms with Crippen LogP contribution in [-0.4, -0.2) is 19.4 Å². The van der Waals surface area contributed by atoms with Crippen molar-refractivity contribution in [3.63, 3.8) is 0 Å². The maximum absolute atomic E-state index is 12.2. The number of ketones is 1. The monoisotopic (exact) mass is 319 g/mol. The van der Waals surface area contributed by atoms with Gasteiger partial charge in [-0.2, -0.15) is 4.57 Å². The number of anilines is 1. The van der Waals surface area contributed by atoms with Crippen LogP contribution in [0.4, 0.5) is 5.69 Å². The van der Waals surface area contributed by atoms with Gasteiger partial charge in [0, 0.05) is 29.4 Å². The Morgan fingerprint density at radius 2 is 1.71 bits per heavy atom. The van der Waals surface area contributed by atoms with Gasteiger partial charge < -0.3 is 10.1 Å². The number of nitrogens with one attached hydrogen (secondary N) is 1. The van der Waals surface area contributed by atoms with Crippen molar-refractivity contribution in [1.29, 1.82) is 0 Å². The molecule has 120 valence electrons. The Labute approximate surface area is 141 Å². The summed E-state index contributed by atoms with van der Waals surface area (Å²) in [5, 5.41) is 3.19. The normalized spacial score (nSPS) is 10.2.